The predicted molar refractivity (Wildman–Crippen MR) is 106 cm³/mol. The molecular formula is C23H28O3. The van der Waals surface area contributed by atoms with Gasteiger partial charge >= 0.3 is 5.97 Å². The van der Waals surface area contributed by atoms with Gasteiger partial charge in [-0.1, -0.05) is 65.8 Å². The highest BCUT2D eigenvalue weighted by Gasteiger charge is 2.14. The van der Waals surface area contributed by atoms with Gasteiger partial charge in [-0.3, -0.25) is 0 Å². The van der Waals surface area contributed by atoms with Gasteiger partial charge in [-0.15, -0.1) is 0 Å². The molecule has 0 saturated carbocycles. The topological polar surface area (TPSA) is 35.5 Å². The number of benzene rings is 2. The molecule has 2 aromatic carbocycles. The van der Waals surface area contributed by atoms with Crippen LogP contribution in [-0.2, 0) is 15.6 Å². The lowest BCUT2D eigenvalue weighted by Gasteiger charge is -2.18. The lowest BCUT2D eigenvalue weighted by molar-refractivity contribution is -0.129. The standard InChI is InChI=1S/C23H28O3/c1-22(2,3)17-7-11-19(12-8-17)25-16-15-21(24)26-20-13-9-18(10-14-20)23(4,5)6/h7-16H,1-6H3/b16-15+. The fraction of sp³-hybridized carbons (Fsp3) is 0.348. The second-order valence-electron chi connectivity index (χ2n) is 8.39. The molecule has 0 aliphatic rings. The van der Waals surface area contributed by atoms with Crippen molar-refractivity contribution < 1.29 is 14.3 Å². The van der Waals surface area contributed by atoms with E-state index in [1.807, 2.05) is 36.4 Å². The third kappa shape index (κ3) is 5.76. The fourth-order valence-corrected chi connectivity index (χ4v) is 2.37. The number of carbonyl (C=O) groups excluding carboxylic acids is 1. The second kappa shape index (κ2) is 7.77. The minimum atomic E-state index is -0.472. The molecule has 0 N–H and O–H groups in total. The van der Waals surface area contributed by atoms with Gasteiger partial charge in [-0.2, -0.15) is 0 Å². The summed E-state index contributed by atoms with van der Waals surface area (Å²) in [6.45, 7) is 12.9. The first-order valence-corrected chi connectivity index (χ1v) is 8.82. The van der Waals surface area contributed by atoms with Crippen molar-refractivity contribution in [2.75, 3.05) is 0 Å². The lowest BCUT2D eigenvalue weighted by Crippen LogP contribution is -2.11. The summed E-state index contributed by atoms with van der Waals surface area (Å²) in [5, 5.41) is 0. The Labute approximate surface area is 156 Å². The van der Waals surface area contributed by atoms with Gasteiger partial charge in [-0.25, -0.2) is 4.79 Å². The third-order valence-electron chi connectivity index (χ3n) is 4.07. The van der Waals surface area contributed by atoms with E-state index in [4.69, 9.17) is 9.47 Å². The van der Waals surface area contributed by atoms with E-state index in [9.17, 15) is 4.79 Å². The zero-order valence-corrected chi connectivity index (χ0v) is 16.5. The van der Waals surface area contributed by atoms with Crippen LogP contribution in [0.1, 0.15) is 52.7 Å². The number of hydrogen-bond donors (Lipinski definition) is 0. The fourth-order valence-electron chi connectivity index (χ4n) is 2.37. The first kappa shape index (κ1) is 19.8. The van der Waals surface area contributed by atoms with Crippen molar-refractivity contribution in [1.82, 2.24) is 0 Å². The van der Waals surface area contributed by atoms with Crippen molar-refractivity contribution in [1.29, 1.82) is 0 Å². The molecule has 2 aromatic rings. The molecule has 0 amide bonds. The maximum atomic E-state index is 11.9. The molecule has 2 rings (SSSR count). The van der Waals surface area contributed by atoms with E-state index in [0.29, 0.717) is 11.5 Å². The van der Waals surface area contributed by atoms with Crippen LogP contribution in [0, 0.1) is 0 Å². The van der Waals surface area contributed by atoms with Crippen LogP contribution in [0.15, 0.2) is 60.9 Å². The van der Waals surface area contributed by atoms with Crippen molar-refractivity contribution in [2.24, 2.45) is 0 Å². The Bertz CT molecular complexity index is 755. The first-order chi connectivity index (χ1) is 12.1. The zero-order valence-electron chi connectivity index (χ0n) is 16.5. The summed E-state index contributed by atoms with van der Waals surface area (Å²) in [4.78, 5) is 11.9. The molecule has 3 nitrogen and oxygen atoms in total. The van der Waals surface area contributed by atoms with E-state index in [1.54, 1.807) is 12.1 Å². The molecule has 26 heavy (non-hydrogen) atoms. The van der Waals surface area contributed by atoms with Gasteiger partial charge in [0.05, 0.1) is 12.3 Å². The van der Waals surface area contributed by atoms with Gasteiger partial charge in [0, 0.05) is 0 Å². The zero-order chi connectivity index (χ0) is 19.4. The molecular weight excluding hydrogens is 324 g/mol. The van der Waals surface area contributed by atoms with E-state index in [1.165, 1.54) is 23.5 Å². The average molecular weight is 352 g/mol. The van der Waals surface area contributed by atoms with E-state index in [-0.39, 0.29) is 10.8 Å². The molecule has 0 heterocycles. The number of esters is 1. The summed E-state index contributed by atoms with van der Waals surface area (Å²) in [5.41, 5.74) is 2.58. The largest absolute Gasteiger partial charge is 0.465 e. The van der Waals surface area contributed by atoms with Crippen LogP contribution in [0.4, 0.5) is 0 Å². The first-order valence-electron chi connectivity index (χ1n) is 8.82. The smallest absolute Gasteiger partial charge is 0.339 e. The Balaban J connectivity index is 1.89. The van der Waals surface area contributed by atoms with Crippen LogP contribution >= 0.6 is 0 Å². The lowest BCUT2D eigenvalue weighted by atomic mass is 9.87. The van der Waals surface area contributed by atoms with E-state index in [0.717, 1.165) is 0 Å². The Morgan fingerprint density at radius 2 is 1.15 bits per heavy atom. The molecule has 0 fully saturated rings. The normalized spacial score (nSPS) is 12.2. The molecule has 0 radical (unpaired) electrons. The maximum Gasteiger partial charge on any atom is 0.339 e. The van der Waals surface area contributed by atoms with Gasteiger partial charge in [0.15, 0.2) is 0 Å². The Kier molecular flexibility index (Phi) is 5.91. The van der Waals surface area contributed by atoms with Crippen LogP contribution in [0.5, 0.6) is 11.5 Å². The van der Waals surface area contributed by atoms with Crippen molar-refractivity contribution >= 4 is 5.97 Å². The van der Waals surface area contributed by atoms with E-state index >= 15 is 0 Å². The van der Waals surface area contributed by atoms with Crippen molar-refractivity contribution in [3.63, 3.8) is 0 Å². The van der Waals surface area contributed by atoms with Gasteiger partial charge in [0.1, 0.15) is 11.5 Å². The Hall–Kier alpha value is -2.55. The summed E-state index contributed by atoms with van der Waals surface area (Å²) in [7, 11) is 0. The second-order valence-corrected chi connectivity index (χ2v) is 8.39. The molecule has 0 spiro atoms. The molecule has 0 aromatic heterocycles. The molecule has 0 unspecified atom stereocenters. The summed E-state index contributed by atoms with van der Waals surface area (Å²) < 4.78 is 10.7. The SMILES string of the molecule is CC(C)(C)c1ccc(O/C=C/C(=O)Oc2ccc(C(C)(C)C)cc2)cc1. The van der Waals surface area contributed by atoms with Gasteiger partial charge in [0.2, 0.25) is 0 Å². The van der Waals surface area contributed by atoms with Crippen LogP contribution in [0.25, 0.3) is 0 Å². The van der Waals surface area contributed by atoms with Crippen LogP contribution < -0.4 is 9.47 Å². The van der Waals surface area contributed by atoms with Crippen LogP contribution in [-0.4, -0.2) is 5.97 Å². The minimum absolute atomic E-state index is 0.0683. The Morgan fingerprint density at radius 3 is 1.58 bits per heavy atom. The summed E-state index contributed by atoms with van der Waals surface area (Å²) in [6, 6.07) is 15.4. The predicted octanol–water partition coefficient (Wildman–Crippen LogP) is 5.78. The highest BCUT2D eigenvalue weighted by atomic mass is 16.5. The monoisotopic (exact) mass is 352 g/mol. The van der Waals surface area contributed by atoms with Gasteiger partial charge < -0.3 is 9.47 Å². The number of ether oxygens (including phenoxy) is 2. The minimum Gasteiger partial charge on any atom is -0.465 e. The van der Waals surface area contributed by atoms with Crippen LogP contribution in [0.3, 0.4) is 0 Å². The number of hydrogen-bond acceptors (Lipinski definition) is 3. The van der Waals surface area contributed by atoms with Crippen molar-refractivity contribution in [3.05, 3.63) is 72.0 Å². The van der Waals surface area contributed by atoms with Crippen LogP contribution in [0.2, 0.25) is 0 Å². The summed E-state index contributed by atoms with van der Waals surface area (Å²) >= 11 is 0. The van der Waals surface area contributed by atoms with Gasteiger partial charge in [0.25, 0.3) is 0 Å². The molecule has 0 atom stereocenters. The highest BCUT2D eigenvalue weighted by Crippen LogP contribution is 2.25. The maximum absolute atomic E-state index is 11.9. The summed E-state index contributed by atoms with van der Waals surface area (Å²) in [6.07, 6.45) is 2.62. The molecule has 0 aliphatic carbocycles. The number of carbonyl (C=O) groups is 1. The van der Waals surface area contributed by atoms with Gasteiger partial charge in [-0.05, 0) is 46.2 Å². The number of rotatable bonds is 4. The van der Waals surface area contributed by atoms with E-state index in [2.05, 4.69) is 41.5 Å². The average Bonchev–Trinajstić information content (AvgIpc) is 2.54. The van der Waals surface area contributed by atoms with E-state index < -0.39 is 5.97 Å². The summed E-state index contributed by atoms with van der Waals surface area (Å²) in [5.74, 6) is 0.721. The Morgan fingerprint density at radius 1 is 0.731 bits per heavy atom. The van der Waals surface area contributed by atoms with Crippen molar-refractivity contribution in [3.8, 4) is 11.5 Å². The molecule has 0 saturated heterocycles. The van der Waals surface area contributed by atoms with Crippen molar-refractivity contribution in [2.45, 2.75) is 52.4 Å². The third-order valence-corrected chi connectivity index (χ3v) is 4.07. The molecule has 0 bridgehead atoms. The quantitative estimate of drug-likeness (QED) is 0.303. The molecule has 138 valence electrons. The highest BCUT2D eigenvalue weighted by molar-refractivity contribution is 5.83. The molecule has 0 aliphatic heterocycles. The molecule has 3 heteroatoms.